The van der Waals surface area contributed by atoms with Gasteiger partial charge in [-0.15, -0.1) is 0 Å². The number of hydrogen-bond acceptors (Lipinski definition) is 3. The molecule has 5 nitrogen and oxygen atoms in total. The second-order valence-corrected chi connectivity index (χ2v) is 4.24. The Balaban J connectivity index is 2.23. The van der Waals surface area contributed by atoms with Crippen LogP contribution in [0.5, 0.6) is 0 Å². The van der Waals surface area contributed by atoms with Gasteiger partial charge in [0.15, 0.2) is 0 Å². The first kappa shape index (κ1) is 11.6. The van der Waals surface area contributed by atoms with Gasteiger partial charge < -0.3 is 15.9 Å². The highest BCUT2D eigenvalue weighted by Crippen LogP contribution is 2.55. The van der Waals surface area contributed by atoms with E-state index in [1.54, 1.807) is 24.3 Å². The van der Waals surface area contributed by atoms with Gasteiger partial charge in [0.05, 0.1) is 5.92 Å². The number of rotatable bonds is 4. The van der Waals surface area contributed by atoms with Gasteiger partial charge in [0.1, 0.15) is 6.04 Å². The fourth-order valence-corrected chi connectivity index (χ4v) is 2.37. The van der Waals surface area contributed by atoms with E-state index >= 15 is 0 Å². The Kier molecular flexibility index (Phi) is 2.85. The van der Waals surface area contributed by atoms with Crippen LogP contribution in [0.15, 0.2) is 30.3 Å². The van der Waals surface area contributed by atoms with Crippen molar-refractivity contribution in [3.05, 3.63) is 35.9 Å². The molecule has 1 aromatic carbocycles. The predicted molar refractivity (Wildman–Crippen MR) is 59.4 cm³/mol. The number of benzene rings is 1. The van der Waals surface area contributed by atoms with Gasteiger partial charge in [0.2, 0.25) is 0 Å². The zero-order chi connectivity index (χ0) is 12.6. The topological polar surface area (TPSA) is 101 Å². The lowest BCUT2D eigenvalue weighted by Crippen LogP contribution is -2.33. The molecule has 0 aliphatic heterocycles. The third-order valence-electron chi connectivity index (χ3n) is 3.24. The van der Waals surface area contributed by atoms with Crippen molar-refractivity contribution in [2.45, 2.75) is 12.0 Å². The molecule has 0 aromatic heterocycles. The molecule has 0 saturated heterocycles. The molecule has 0 spiro atoms. The van der Waals surface area contributed by atoms with Crippen LogP contribution in [0, 0.1) is 11.8 Å². The largest absolute Gasteiger partial charge is 0.481 e. The van der Waals surface area contributed by atoms with Crippen molar-refractivity contribution in [3.8, 4) is 0 Å². The number of nitrogens with two attached hydrogens (primary N) is 1. The Morgan fingerprint density at radius 3 is 2.24 bits per heavy atom. The maximum atomic E-state index is 11.0. The van der Waals surface area contributed by atoms with E-state index in [0.717, 1.165) is 5.56 Å². The normalized spacial score (nSPS) is 28.4. The van der Waals surface area contributed by atoms with Crippen LogP contribution in [0.3, 0.4) is 0 Å². The van der Waals surface area contributed by atoms with E-state index in [9.17, 15) is 9.59 Å². The molecule has 5 heteroatoms. The lowest BCUT2D eigenvalue weighted by atomic mass is 10.1. The van der Waals surface area contributed by atoms with Crippen molar-refractivity contribution in [1.82, 2.24) is 0 Å². The monoisotopic (exact) mass is 235 g/mol. The van der Waals surface area contributed by atoms with E-state index < -0.39 is 29.8 Å². The maximum Gasteiger partial charge on any atom is 0.320 e. The SMILES string of the molecule is N[C@@H](C(=O)O)[C@@H]1[C@H](C(=O)O)[C@@H]1c1ccccc1. The summed E-state index contributed by atoms with van der Waals surface area (Å²) < 4.78 is 0. The lowest BCUT2D eigenvalue weighted by Gasteiger charge is -2.04. The van der Waals surface area contributed by atoms with Gasteiger partial charge in [-0.05, 0) is 5.56 Å². The van der Waals surface area contributed by atoms with Crippen LogP contribution in [0.4, 0.5) is 0 Å². The molecular formula is C12H13NO4. The van der Waals surface area contributed by atoms with Crippen LogP contribution >= 0.6 is 0 Å². The highest BCUT2D eigenvalue weighted by molar-refractivity contribution is 5.81. The average Bonchev–Trinajstić information content (AvgIpc) is 3.04. The van der Waals surface area contributed by atoms with Gasteiger partial charge in [-0.1, -0.05) is 30.3 Å². The summed E-state index contributed by atoms with van der Waals surface area (Å²) in [5, 5.41) is 17.9. The van der Waals surface area contributed by atoms with Crippen molar-refractivity contribution in [2.24, 2.45) is 17.6 Å². The summed E-state index contributed by atoms with van der Waals surface area (Å²) >= 11 is 0. The number of hydrogen-bond donors (Lipinski definition) is 3. The van der Waals surface area contributed by atoms with Crippen LogP contribution in [-0.2, 0) is 9.59 Å². The van der Waals surface area contributed by atoms with Crippen molar-refractivity contribution >= 4 is 11.9 Å². The quantitative estimate of drug-likeness (QED) is 0.706. The summed E-state index contributed by atoms with van der Waals surface area (Å²) in [4.78, 5) is 21.8. The van der Waals surface area contributed by atoms with Gasteiger partial charge in [-0.2, -0.15) is 0 Å². The smallest absolute Gasteiger partial charge is 0.320 e. The Morgan fingerprint density at radius 1 is 1.18 bits per heavy atom. The third kappa shape index (κ3) is 2.01. The van der Waals surface area contributed by atoms with Gasteiger partial charge >= 0.3 is 11.9 Å². The molecule has 1 fully saturated rings. The summed E-state index contributed by atoms with van der Waals surface area (Å²) in [6, 6.07) is 7.91. The van der Waals surface area contributed by atoms with Crippen molar-refractivity contribution < 1.29 is 19.8 Å². The van der Waals surface area contributed by atoms with Crippen LogP contribution < -0.4 is 5.73 Å². The Bertz CT molecular complexity index is 445. The van der Waals surface area contributed by atoms with E-state index in [4.69, 9.17) is 15.9 Å². The molecule has 0 amide bonds. The summed E-state index contributed by atoms with van der Waals surface area (Å²) in [5.41, 5.74) is 6.35. The molecule has 0 radical (unpaired) electrons. The zero-order valence-corrected chi connectivity index (χ0v) is 8.98. The second kappa shape index (κ2) is 4.18. The molecular weight excluding hydrogens is 222 g/mol. The molecule has 4 N–H and O–H groups in total. The van der Waals surface area contributed by atoms with Crippen molar-refractivity contribution in [3.63, 3.8) is 0 Å². The lowest BCUT2D eigenvalue weighted by molar-refractivity contribution is -0.140. The molecule has 1 aliphatic rings. The molecule has 0 bridgehead atoms. The predicted octanol–water partition coefficient (Wildman–Crippen LogP) is 0.513. The minimum atomic E-state index is -1.15. The molecule has 1 aliphatic carbocycles. The number of carboxylic acids is 2. The molecule has 2 rings (SSSR count). The van der Waals surface area contributed by atoms with Gasteiger partial charge in [-0.3, -0.25) is 9.59 Å². The second-order valence-electron chi connectivity index (χ2n) is 4.24. The molecule has 0 heterocycles. The van der Waals surface area contributed by atoms with E-state index in [1.165, 1.54) is 0 Å². The van der Waals surface area contributed by atoms with Crippen molar-refractivity contribution in [1.29, 1.82) is 0 Å². The van der Waals surface area contributed by atoms with E-state index in [2.05, 4.69) is 0 Å². The van der Waals surface area contributed by atoms with E-state index in [1.807, 2.05) is 6.07 Å². The van der Waals surface area contributed by atoms with Gasteiger partial charge in [0.25, 0.3) is 0 Å². The van der Waals surface area contributed by atoms with Crippen LogP contribution in [-0.4, -0.2) is 28.2 Å². The molecule has 0 unspecified atom stereocenters. The first-order valence-electron chi connectivity index (χ1n) is 5.30. The minimum Gasteiger partial charge on any atom is -0.481 e. The van der Waals surface area contributed by atoms with Gasteiger partial charge in [0, 0.05) is 11.8 Å². The maximum absolute atomic E-state index is 11.0. The Morgan fingerprint density at radius 2 is 1.76 bits per heavy atom. The number of aliphatic carboxylic acids is 2. The Labute approximate surface area is 97.9 Å². The molecule has 1 aromatic rings. The van der Waals surface area contributed by atoms with Crippen LogP contribution in [0.25, 0.3) is 0 Å². The Hall–Kier alpha value is -1.88. The van der Waals surface area contributed by atoms with Gasteiger partial charge in [-0.25, -0.2) is 0 Å². The fourth-order valence-electron chi connectivity index (χ4n) is 2.37. The van der Waals surface area contributed by atoms with Crippen molar-refractivity contribution in [2.75, 3.05) is 0 Å². The molecule has 1 saturated carbocycles. The number of carboxylic acid groups (broad SMARTS) is 2. The first-order valence-corrected chi connectivity index (χ1v) is 5.30. The fraction of sp³-hybridized carbons (Fsp3) is 0.333. The third-order valence-corrected chi connectivity index (χ3v) is 3.24. The van der Waals surface area contributed by atoms with Crippen LogP contribution in [0.2, 0.25) is 0 Å². The molecule has 4 atom stereocenters. The van der Waals surface area contributed by atoms with E-state index in [-0.39, 0.29) is 5.92 Å². The molecule has 90 valence electrons. The summed E-state index contributed by atoms with van der Waals surface area (Å²) in [7, 11) is 0. The first-order chi connectivity index (χ1) is 8.04. The minimum absolute atomic E-state index is 0.292. The summed E-state index contributed by atoms with van der Waals surface area (Å²) in [6.45, 7) is 0. The zero-order valence-electron chi connectivity index (χ0n) is 8.98. The average molecular weight is 235 g/mol. The van der Waals surface area contributed by atoms with Crippen LogP contribution in [0.1, 0.15) is 11.5 Å². The van der Waals surface area contributed by atoms with E-state index in [0.29, 0.717) is 0 Å². The number of carbonyl (C=O) groups is 2. The molecule has 17 heavy (non-hydrogen) atoms. The standard InChI is InChI=1S/C12H13NO4/c13-10(12(16)17)8-7(9(8)11(14)15)6-4-2-1-3-5-6/h1-5,7-10H,13H2,(H,14,15)(H,16,17)/t7-,8+,9-,10-/m1/s1. The summed E-state index contributed by atoms with van der Waals surface area (Å²) in [5.74, 6) is -3.64. The highest BCUT2D eigenvalue weighted by Gasteiger charge is 2.59. The highest BCUT2D eigenvalue weighted by atomic mass is 16.4. The summed E-state index contributed by atoms with van der Waals surface area (Å²) in [6.07, 6.45) is 0.